The van der Waals surface area contributed by atoms with Gasteiger partial charge in [-0.15, -0.1) is 0 Å². The molecule has 1 aromatic rings. The predicted molar refractivity (Wildman–Crippen MR) is 119 cm³/mol. The van der Waals surface area contributed by atoms with Gasteiger partial charge in [0.25, 0.3) is 5.91 Å². The number of amides is 2. The molecule has 2 N–H and O–H groups in total. The molecule has 0 bridgehead atoms. The van der Waals surface area contributed by atoms with Crippen LogP contribution < -0.4 is 10.6 Å². The summed E-state index contributed by atoms with van der Waals surface area (Å²) in [6, 6.07) is 7.17. The first kappa shape index (κ1) is 26.9. The number of rotatable bonds is 10. The third kappa shape index (κ3) is 7.24. The van der Waals surface area contributed by atoms with E-state index in [4.69, 9.17) is 4.74 Å². The van der Waals surface area contributed by atoms with E-state index >= 15 is 0 Å². The van der Waals surface area contributed by atoms with Crippen molar-refractivity contribution in [2.24, 2.45) is 11.8 Å². The van der Waals surface area contributed by atoms with Crippen molar-refractivity contribution in [2.45, 2.75) is 57.6 Å². The van der Waals surface area contributed by atoms with Crippen LogP contribution in [0.15, 0.2) is 23.4 Å². The number of carbonyl (C=O) groups excluding carboxylic acids is 3. The molecule has 172 valence electrons. The third-order valence-corrected chi connectivity index (χ3v) is 6.24. The van der Waals surface area contributed by atoms with Gasteiger partial charge in [-0.05, 0) is 37.8 Å². The first-order chi connectivity index (χ1) is 14.9. The van der Waals surface area contributed by atoms with Crippen molar-refractivity contribution in [3.05, 3.63) is 23.9 Å². The van der Waals surface area contributed by atoms with Gasteiger partial charge in [0.15, 0.2) is 6.61 Å². The zero-order valence-electron chi connectivity index (χ0n) is 19.2. The van der Waals surface area contributed by atoms with Gasteiger partial charge < -0.3 is 15.4 Å². The van der Waals surface area contributed by atoms with Gasteiger partial charge in [-0.3, -0.25) is 9.59 Å². The number of carbonyl (C=O) groups is 3. The zero-order chi connectivity index (χ0) is 24.5. The summed E-state index contributed by atoms with van der Waals surface area (Å²) in [6.45, 7) is 9.94. The van der Waals surface area contributed by atoms with Gasteiger partial charge in [0.1, 0.15) is 16.1 Å². The molecule has 0 aliphatic carbocycles. The third-order valence-electron chi connectivity index (χ3n) is 5.24. The molecule has 2 amide bonds. The number of ether oxygens (including phenoxy) is 1. The fraction of sp³-hybridized carbons (Fsp3) is 0.545. The summed E-state index contributed by atoms with van der Waals surface area (Å²) in [6.07, 6.45) is 1.47. The number of esters is 1. The number of nitrogens with one attached hydrogen (secondary N) is 2. The van der Waals surface area contributed by atoms with Gasteiger partial charge in [0, 0.05) is 6.20 Å². The zero-order valence-corrected chi connectivity index (χ0v) is 20.0. The molecule has 1 rings (SSSR count). The van der Waals surface area contributed by atoms with Crippen molar-refractivity contribution >= 4 is 29.5 Å². The van der Waals surface area contributed by atoms with Crippen molar-refractivity contribution in [3.63, 3.8) is 0 Å². The lowest BCUT2D eigenvalue weighted by Gasteiger charge is -2.27. The van der Waals surface area contributed by atoms with Crippen LogP contribution in [0.1, 0.15) is 51.9 Å². The second kappa shape index (κ2) is 11.5. The average Bonchev–Trinajstić information content (AvgIpc) is 2.75. The van der Waals surface area contributed by atoms with Crippen molar-refractivity contribution in [3.8, 4) is 12.1 Å². The van der Waals surface area contributed by atoms with Crippen molar-refractivity contribution in [1.82, 2.24) is 15.6 Å². The average molecular weight is 460 g/mol. The Morgan fingerprint density at radius 1 is 1.06 bits per heavy atom. The lowest BCUT2D eigenvalue weighted by atomic mass is 9.90. The van der Waals surface area contributed by atoms with Crippen LogP contribution in [0.25, 0.3) is 0 Å². The molecule has 9 nitrogen and oxygen atoms in total. The van der Waals surface area contributed by atoms with Gasteiger partial charge in [0.05, 0.1) is 23.5 Å². The van der Waals surface area contributed by atoms with Gasteiger partial charge in [-0.1, -0.05) is 39.5 Å². The standard InChI is InChI=1S/C22H29N5O4S/c1-14(2)21(5,12-23)26-17(28)10-31-20(30)16-8-7-9-25-19(16)32-11-18(29)27-22(6,13-24)15(3)4/h7-9,14-15H,10-11H2,1-6H3,(H,26,28)(H,27,29)/t21-,22+/m0/s1. The monoisotopic (exact) mass is 459 g/mol. The molecule has 0 aliphatic heterocycles. The molecular formula is C22H29N5O4S. The van der Waals surface area contributed by atoms with E-state index in [1.165, 1.54) is 18.3 Å². The molecule has 0 saturated heterocycles. The van der Waals surface area contributed by atoms with Crippen LogP contribution in [0.2, 0.25) is 0 Å². The lowest BCUT2D eigenvalue weighted by Crippen LogP contribution is -2.50. The number of nitriles is 2. The van der Waals surface area contributed by atoms with E-state index in [1.54, 1.807) is 27.7 Å². The first-order valence-corrected chi connectivity index (χ1v) is 11.1. The summed E-state index contributed by atoms with van der Waals surface area (Å²) in [5, 5.41) is 24.1. The molecule has 2 atom stereocenters. The maximum atomic E-state index is 12.5. The van der Waals surface area contributed by atoms with E-state index < -0.39 is 29.6 Å². The molecule has 0 fully saturated rings. The number of hydrogen-bond donors (Lipinski definition) is 2. The molecule has 0 saturated carbocycles. The highest BCUT2D eigenvalue weighted by Gasteiger charge is 2.31. The maximum Gasteiger partial charge on any atom is 0.341 e. The van der Waals surface area contributed by atoms with E-state index in [0.717, 1.165) is 11.8 Å². The van der Waals surface area contributed by atoms with Crippen LogP contribution in [0.3, 0.4) is 0 Å². The Balaban J connectivity index is 2.76. The molecule has 1 heterocycles. The Morgan fingerprint density at radius 2 is 1.59 bits per heavy atom. The largest absolute Gasteiger partial charge is 0.452 e. The van der Waals surface area contributed by atoms with Crippen LogP contribution in [-0.2, 0) is 14.3 Å². The second-order valence-corrected chi connectivity index (χ2v) is 9.22. The minimum atomic E-state index is -1.08. The Hall–Kier alpha value is -3.11. The Kier molecular flexibility index (Phi) is 9.67. The fourth-order valence-corrected chi connectivity index (χ4v) is 3.04. The highest BCUT2D eigenvalue weighted by molar-refractivity contribution is 8.00. The smallest absolute Gasteiger partial charge is 0.341 e. The number of aromatic nitrogens is 1. The van der Waals surface area contributed by atoms with Crippen molar-refractivity contribution < 1.29 is 19.1 Å². The minimum absolute atomic E-state index is 0.0588. The van der Waals surface area contributed by atoms with E-state index in [2.05, 4.69) is 21.7 Å². The van der Waals surface area contributed by atoms with Crippen molar-refractivity contribution in [2.75, 3.05) is 12.4 Å². The van der Waals surface area contributed by atoms with E-state index in [1.807, 2.05) is 19.9 Å². The Labute approximate surface area is 192 Å². The summed E-state index contributed by atoms with van der Waals surface area (Å²) in [5.41, 5.74) is -1.98. The number of pyridine rings is 1. The fourth-order valence-electron chi connectivity index (χ4n) is 2.26. The molecular weight excluding hydrogens is 430 g/mol. The van der Waals surface area contributed by atoms with Crippen LogP contribution in [0.5, 0.6) is 0 Å². The Bertz CT molecular complexity index is 937. The normalized spacial score (nSPS) is 14.4. The Morgan fingerprint density at radius 3 is 2.09 bits per heavy atom. The van der Waals surface area contributed by atoms with E-state index in [0.29, 0.717) is 0 Å². The topological polar surface area (TPSA) is 145 Å². The quantitative estimate of drug-likeness (QED) is 0.401. The molecule has 0 radical (unpaired) electrons. The maximum absolute atomic E-state index is 12.5. The van der Waals surface area contributed by atoms with E-state index in [9.17, 15) is 24.9 Å². The SMILES string of the molecule is CC(C)[C@@](C)(C#N)NC(=O)CSc1ncccc1C(=O)OCC(=O)N[C@@](C)(C#N)C(C)C. The van der Waals surface area contributed by atoms with Gasteiger partial charge >= 0.3 is 5.97 Å². The molecule has 10 heteroatoms. The van der Waals surface area contributed by atoms with E-state index in [-0.39, 0.29) is 34.1 Å². The summed E-state index contributed by atoms with van der Waals surface area (Å²) >= 11 is 1.02. The van der Waals surface area contributed by atoms with Crippen LogP contribution >= 0.6 is 11.8 Å². The number of hydrogen-bond acceptors (Lipinski definition) is 8. The summed E-state index contributed by atoms with van der Waals surface area (Å²) in [7, 11) is 0. The van der Waals surface area contributed by atoms with Crippen LogP contribution in [-0.4, -0.2) is 46.2 Å². The number of nitrogens with zero attached hydrogens (tertiary/aromatic N) is 3. The molecule has 1 aromatic heterocycles. The first-order valence-electron chi connectivity index (χ1n) is 10.1. The molecule has 0 aromatic carbocycles. The predicted octanol–water partition coefficient (Wildman–Crippen LogP) is 2.44. The highest BCUT2D eigenvalue weighted by atomic mass is 32.2. The molecule has 0 unspecified atom stereocenters. The van der Waals surface area contributed by atoms with Crippen LogP contribution in [0, 0.1) is 34.5 Å². The van der Waals surface area contributed by atoms with Gasteiger partial charge in [-0.2, -0.15) is 10.5 Å². The van der Waals surface area contributed by atoms with Gasteiger partial charge in [0.2, 0.25) is 5.91 Å². The highest BCUT2D eigenvalue weighted by Crippen LogP contribution is 2.22. The minimum Gasteiger partial charge on any atom is -0.452 e. The van der Waals surface area contributed by atoms with Crippen molar-refractivity contribution in [1.29, 1.82) is 10.5 Å². The summed E-state index contributed by atoms with van der Waals surface area (Å²) < 4.78 is 5.08. The van der Waals surface area contributed by atoms with Gasteiger partial charge in [-0.25, -0.2) is 9.78 Å². The second-order valence-electron chi connectivity index (χ2n) is 8.25. The number of thioether (sulfide) groups is 1. The molecule has 0 aliphatic rings. The summed E-state index contributed by atoms with van der Waals surface area (Å²) in [4.78, 5) is 41.0. The summed E-state index contributed by atoms with van der Waals surface area (Å²) in [5.74, 6) is -2.04. The van der Waals surface area contributed by atoms with Crippen LogP contribution in [0.4, 0.5) is 0 Å². The molecule has 0 spiro atoms. The lowest BCUT2D eigenvalue weighted by molar-refractivity contribution is -0.126. The molecule has 32 heavy (non-hydrogen) atoms.